The van der Waals surface area contributed by atoms with Crippen LogP contribution in [0, 0.1) is 0 Å². The molecule has 0 aromatic carbocycles. The van der Waals surface area contributed by atoms with E-state index in [0.717, 1.165) is 156 Å². The van der Waals surface area contributed by atoms with Gasteiger partial charge in [0.25, 0.3) is 12.3 Å². The number of carbonyl (C=O) groups excluding carboxylic acids is 1. The van der Waals surface area contributed by atoms with Crippen LogP contribution >= 0.6 is 0 Å². The molecule has 16 rings (SSSR count). The maximum absolute atomic E-state index is 13.0. The van der Waals surface area contributed by atoms with Crippen molar-refractivity contribution in [2.45, 2.75) is 392 Å². The lowest BCUT2D eigenvalue weighted by Crippen LogP contribution is -2.53. The van der Waals surface area contributed by atoms with Crippen molar-refractivity contribution in [2.24, 2.45) is 0 Å². The summed E-state index contributed by atoms with van der Waals surface area (Å²) in [6.45, 7) is 70.0. The quantitative estimate of drug-likeness (QED) is 0.0722. The summed E-state index contributed by atoms with van der Waals surface area (Å²) in [5, 5.41) is 60.1. The maximum Gasteiger partial charge on any atom is 0.251 e. The molecule has 0 unspecified atom stereocenters. The monoisotopic (exact) mass is 1860 g/mol. The minimum atomic E-state index is -2.42. The van der Waals surface area contributed by atoms with Crippen LogP contribution in [0.5, 0.6) is 0 Å². The molecule has 2 aliphatic carbocycles. The van der Waals surface area contributed by atoms with Crippen LogP contribution in [0.25, 0.3) is 0 Å². The molecule has 9 fully saturated rings. The smallest absolute Gasteiger partial charge is 0.251 e. The van der Waals surface area contributed by atoms with Gasteiger partial charge in [0.2, 0.25) is 5.91 Å². The molecular formula is C98H173F4N29O2. The average molecular weight is 1870 g/mol. The van der Waals surface area contributed by atoms with E-state index in [2.05, 4.69) is 317 Å². The minimum absolute atomic E-state index is 0.00533. The van der Waals surface area contributed by atoms with E-state index < -0.39 is 12.3 Å². The Labute approximate surface area is 794 Å². The molecular weight excluding hydrogens is 1690 g/mol. The van der Waals surface area contributed by atoms with E-state index in [0.29, 0.717) is 61.9 Å². The van der Waals surface area contributed by atoms with Crippen molar-refractivity contribution in [3.63, 3.8) is 0 Å². The van der Waals surface area contributed by atoms with Crippen molar-refractivity contribution in [1.29, 1.82) is 0 Å². The van der Waals surface area contributed by atoms with Crippen LogP contribution in [-0.4, -0.2) is 326 Å². The first kappa shape index (κ1) is 108. The number of halogens is 4. The standard InChI is InChI=1S/C15H24F2N4.C15H27N5O.C14H26N4O.C14H24N4.C14H26N4.C13H22F2N4.C13H24N4/c1-14(2,3)13-10-21(19-18-13)11-4-6-20(7-5-11)12-8-15(16,17)9-12;1-15(2,3)13-10-20(17-16-13)12-6-8-19(9-7-12)11-14(21)18(4)5;1-14(2,3)13-11-18(16-15-13)12-5-7-17(8-6-12)9-10-19-4;1-14(2,3)13-10-18(16-15-13)12-6-8-17(9-7-12)11-4-5-11;1-11(2)17-8-6-12(7-9-17)18-10-13(15-16-18)14(3,4)5;1-13(2,3)11-8-19(17-16-11)10-4-6-18(7-5-10)9-12(14)15;1-5-16-8-6-11(7-9-16)17-10-12(14-15-17)13(2,3)4/h10-12H,4-9H2,1-3H3;10,12H,6-9,11H2,1-5H3;11-12H,5-10H2,1-4H3;10-12H,4-9H2,1-3H3;10-12H,6-9H2,1-5H3;8,10,12H,4-7,9H2,1-3H3;10-11H,5-9H2,1-4H3. The third-order valence-electron chi connectivity index (χ3n) is 28.0. The Kier molecular flexibility index (Phi) is 38.1. The fourth-order valence-corrected chi connectivity index (χ4v) is 18.0. The number of alkyl halides is 4. The van der Waals surface area contributed by atoms with Crippen molar-refractivity contribution in [2.75, 3.05) is 146 Å². The molecule has 133 heavy (non-hydrogen) atoms. The second kappa shape index (κ2) is 47.0. The Morgan fingerprint density at radius 2 is 0.602 bits per heavy atom. The van der Waals surface area contributed by atoms with Crippen LogP contribution in [-0.2, 0) is 47.4 Å². The Balaban J connectivity index is 0.000000161. The molecule has 31 nitrogen and oxygen atoms in total. The Hall–Kier alpha value is -7.15. The van der Waals surface area contributed by atoms with Crippen molar-refractivity contribution in [3.8, 4) is 0 Å². The van der Waals surface area contributed by atoms with Crippen molar-refractivity contribution < 1.29 is 27.1 Å². The predicted molar refractivity (Wildman–Crippen MR) is 518 cm³/mol. The van der Waals surface area contributed by atoms with Crippen LogP contribution in [0.4, 0.5) is 17.6 Å². The van der Waals surface area contributed by atoms with Gasteiger partial charge in [-0.25, -0.2) is 50.3 Å². The van der Waals surface area contributed by atoms with Crippen LogP contribution < -0.4 is 0 Å². The zero-order chi connectivity index (χ0) is 97.3. The van der Waals surface area contributed by atoms with E-state index in [4.69, 9.17) is 4.74 Å². The SMILES string of the molecule is CC(C)(C)c1cn(C2CCN(C3CC(F)(F)C3)CC2)nn1.CC(C)(C)c1cn(C2CCN(C3CC3)CC2)nn1.CC(C)(C)c1cn(C2CCN(CC(F)F)CC2)nn1.CC(C)N1CCC(n2cc(C(C)(C)C)nn2)CC1.CCN1CCC(n2cc(C(C)(C)C)nn2)CC1.CN(C)C(=O)CN1CCC(n2cc(C(C)(C)C)nn2)CC1.COCCN1CCC(n2cc(C(C)(C)C)nn2)CC1. The largest absolute Gasteiger partial charge is 0.383 e. The molecule has 14 heterocycles. The number of likely N-dealkylation sites (N-methyl/N-ethyl adjacent to an activating group) is 1. The third kappa shape index (κ3) is 33.0. The Morgan fingerprint density at radius 1 is 0.361 bits per heavy atom. The van der Waals surface area contributed by atoms with Gasteiger partial charge in [0.15, 0.2) is 0 Å². The number of hydrogen-bond donors (Lipinski definition) is 0. The highest BCUT2D eigenvalue weighted by Gasteiger charge is 2.48. The van der Waals surface area contributed by atoms with E-state index in [1.165, 1.54) is 90.6 Å². The normalized spacial score (nSPS) is 20.6. The van der Waals surface area contributed by atoms with Gasteiger partial charge in [0, 0.05) is 232 Å². The second-order valence-corrected chi connectivity index (χ2v) is 46.8. The molecule has 0 bridgehead atoms. The summed E-state index contributed by atoms with van der Waals surface area (Å²) in [4.78, 5) is 29.8. The van der Waals surface area contributed by atoms with Gasteiger partial charge in [0.1, 0.15) is 0 Å². The van der Waals surface area contributed by atoms with Crippen LogP contribution in [0.2, 0.25) is 0 Å². The van der Waals surface area contributed by atoms with Gasteiger partial charge in [-0.05, 0) is 123 Å². The number of ether oxygens (including phenoxy) is 1. The van der Waals surface area contributed by atoms with Gasteiger partial charge < -0.3 is 29.2 Å². The number of piperidine rings is 7. The van der Waals surface area contributed by atoms with Gasteiger partial charge >= 0.3 is 0 Å². The summed E-state index contributed by atoms with van der Waals surface area (Å²) in [7, 11) is 5.37. The van der Waals surface area contributed by atoms with Gasteiger partial charge in [-0.2, -0.15) is 0 Å². The number of aromatic nitrogens is 21. The first-order valence-electron chi connectivity index (χ1n) is 50.2. The zero-order valence-electron chi connectivity index (χ0n) is 86.9. The van der Waals surface area contributed by atoms with Gasteiger partial charge in [-0.15, -0.1) is 35.7 Å². The molecule has 7 aliphatic heterocycles. The molecule has 7 saturated heterocycles. The minimum Gasteiger partial charge on any atom is -0.383 e. The lowest BCUT2D eigenvalue weighted by Gasteiger charge is -2.45. The molecule has 750 valence electrons. The molecule has 0 spiro atoms. The Bertz CT molecular complexity index is 4430. The molecule has 1 amide bonds. The molecule has 0 atom stereocenters. The molecule has 35 heteroatoms. The summed E-state index contributed by atoms with van der Waals surface area (Å²) < 4.78 is 69.8. The number of rotatable bonds is 18. The van der Waals surface area contributed by atoms with Crippen molar-refractivity contribution in [3.05, 3.63) is 83.2 Å². The number of methoxy groups -OCH3 is 1. The predicted octanol–water partition coefficient (Wildman–Crippen LogP) is 15.9. The lowest BCUT2D eigenvalue weighted by atomic mass is 9.85. The first-order valence-corrected chi connectivity index (χ1v) is 50.2. The highest BCUT2D eigenvalue weighted by molar-refractivity contribution is 5.77. The van der Waals surface area contributed by atoms with Crippen molar-refractivity contribution in [1.82, 2.24) is 144 Å². The molecule has 7 aromatic rings. The van der Waals surface area contributed by atoms with Crippen LogP contribution in [0.15, 0.2) is 43.4 Å². The molecule has 0 N–H and O–H groups in total. The summed E-state index contributed by atoms with van der Waals surface area (Å²) in [6.07, 6.45) is 30.5. The number of carbonyl (C=O) groups is 1. The van der Waals surface area contributed by atoms with Crippen LogP contribution in [0.1, 0.15) is 364 Å². The highest BCUT2D eigenvalue weighted by Crippen LogP contribution is 2.43. The van der Waals surface area contributed by atoms with Crippen molar-refractivity contribution >= 4 is 5.91 Å². The number of likely N-dealkylation sites (tertiary alicyclic amines) is 7. The summed E-state index contributed by atoms with van der Waals surface area (Å²) in [5.74, 6) is -2.25. The first-order chi connectivity index (χ1) is 62.3. The van der Waals surface area contributed by atoms with E-state index in [-0.39, 0.29) is 75.3 Å². The molecule has 7 aromatic heterocycles. The molecule has 9 aliphatic rings. The zero-order valence-corrected chi connectivity index (χ0v) is 86.9. The maximum atomic E-state index is 13.0. The fourth-order valence-electron chi connectivity index (χ4n) is 18.0. The Morgan fingerprint density at radius 3 is 0.820 bits per heavy atom. The van der Waals surface area contributed by atoms with Gasteiger partial charge in [-0.3, -0.25) is 19.5 Å². The molecule has 2 saturated carbocycles. The lowest BCUT2D eigenvalue weighted by molar-refractivity contribution is -0.130. The number of amides is 1. The summed E-state index contributed by atoms with van der Waals surface area (Å²) >= 11 is 0. The third-order valence-corrected chi connectivity index (χ3v) is 28.0. The molecule has 0 radical (unpaired) electrons. The summed E-state index contributed by atoms with van der Waals surface area (Å²) in [6, 6.07) is 4.83. The van der Waals surface area contributed by atoms with Gasteiger partial charge in [-0.1, -0.05) is 189 Å². The average Bonchev–Trinajstić information content (AvgIpc) is 1.49. The highest BCUT2D eigenvalue weighted by atomic mass is 19.3. The number of hydrogen-bond acceptors (Lipinski definition) is 23. The van der Waals surface area contributed by atoms with E-state index in [9.17, 15) is 22.4 Å². The van der Waals surface area contributed by atoms with Crippen LogP contribution in [0.3, 0.4) is 0 Å². The second-order valence-electron chi connectivity index (χ2n) is 46.8. The van der Waals surface area contributed by atoms with E-state index in [1.807, 2.05) is 31.3 Å². The fraction of sp³-hybridized carbons (Fsp3) is 0.847. The van der Waals surface area contributed by atoms with E-state index >= 15 is 0 Å². The topological polar surface area (TPSA) is 267 Å². The number of nitrogens with zero attached hydrogens (tertiary/aromatic N) is 29. The van der Waals surface area contributed by atoms with Gasteiger partial charge in [0.05, 0.1) is 102 Å². The summed E-state index contributed by atoms with van der Waals surface area (Å²) in [5.41, 5.74) is 7.80. The van der Waals surface area contributed by atoms with E-state index in [1.54, 1.807) is 26.1 Å².